The van der Waals surface area contributed by atoms with Gasteiger partial charge < -0.3 is 5.32 Å². The lowest BCUT2D eigenvalue weighted by atomic mass is 10.2. The number of hydrogen-bond acceptors (Lipinski definition) is 4. The average Bonchev–Trinajstić information content (AvgIpc) is 2.63. The van der Waals surface area contributed by atoms with Gasteiger partial charge in [-0.25, -0.2) is 13.2 Å². The molecule has 0 aromatic rings. The second kappa shape index (κ2) is 3.48. The summed E-state index contributed by atoms with van der Waals surface area (Å²) in [5.41, 5.74) is 0. The number of nitrogens with zero attached hydrogens (tertiary/aromatic N) is 1. The number of amides is 3. The van der Waals surface area contributed by atoms with Crippen molar-refractivity contribution in [2.75, 3.05) is 18.8 Å². The zero-order valence-electron chi connectivity index (χ0n) is 8.10. The molecule has 2 heterocycles. The first-order chi connectivity index (χ1) is 7.00. The van der Waals surface area contributed by atoms with Crippen LogP contribution in [-0.4, -0.2) is 49.3 Å². The first-order valence-electron chi connectivity index (χ1n) is 4.80. The molecule has 0 spiro atoms. The molecule has 1 atom stereocenters. The van der Waals surface area contributed by atoms with Crippen molar-refractivity contribution in [1.82, 2.24) is 10.2 Å². The molecule has 6 nitrogen and oxygen atoms in total. The molecule has 0 radical (unpaired) electrons. The van der Waals surface area contributed by atoms with Crippen LogP contribution in [0.4, 0.5) is 4.79 Å². The van der Waals surface area contributed by atoms with Crippen molar-refractivity contribution < 1.29 is 18.0 Å². The Balaban J connectivity index is 2.09. The molecule has 2 saturated heterocycles. The SMILES string of the molecule is O=C1CNC(=O)N1CC1CCCS1(=O)=O. The molecule has 1 N–H and O–H groups in total. The minimum atomic E-state index is -3.10. The number of imide groups is 1. The van der Waals surface area contributed by atoms with Crippen LogP contribution in [0.5, 0.6) is 0 Å². The molecule has 1 unspecified atom stereocenters. The summed E-state index contributed by atoms with van der Waals surface area (Å²) in [6.45, 7) is -0.0153. The average molecular weight is 232 g/mol. The summed E-state index contributed by atoms with van der Waals surface area (Å²) in [7, 11) is -3.10. The van der Waals surface area contributed by atoms with Crippen LogP contribution in [-0.2, 0) is 14.6 Å². The molecule has 84 valence electrons. The predicted octanol–water partition coefficient (Wildman–Crippen LogP) is -0.885. The van der Waals surface area contributed by atoms with Crippen LogP contribution in [0.3, 0.4) is 0 Å². The summed E-state index contributed by atoms with van der Waals surface area (Å²) in [6, 6.07) is -0.484. The van der Waals surface area contributed by atoms with Gasteiger partial charge in [0, 0.05) is 6.54 Å². The number of urea groups is 1. The lowest BCUT2D eigenvalue weighted by Crippen LogP contribution is -2.39. The van der Waals surface area contributed by atoms with E-state index in [1.165, 1.54) is 0 Å². The van der Waals surface area contributed by atoms with E-state index in [2.05, 4.69) is 5.32 Å². The quantitative estimate of drug-likeness (QED) is 0.626. The van der Waals surface area contributed by atoms with E-state index >= 15 is 0 Å². The molecule has 0 saturated carbocycles. The first kappa shape index (κ1) is 10.4. The van der Waals surface area contributed by atoms with Crippen LogP contribution >= 0.6 is 0 Å². The molecule has 3 amide bonds. The highest BCUT2D eigenvalue weighted by molar-refractivity contribution is 7.92. The van der Waals surface area contributed by atoms with E-state index in [0.717, 1.165) is 4.90 Å². The molecule has 2 aliphatic heterocycles. The third-order valence-corrected chi connectivity index (χ3v) is 5.04. The molecule has 15 heavy (non-hydrogen) atoms. The highest BCUT2D eigenvalue weighted by atomic mass is 32.2. The van der Waals surface area contributed by atoms with Gasteiger partial charge in [-0.1, -0.05) is 0 Å². The van der Waals surface area contributed by atoms with Crippen LogP contribution in [0.25, 0.3) is 0 Å². The number of carbonyl (C=O) groups is 2. The zero-order valence-corrected chi connectivity index (χ0v) is 8.92. The first-order valence-corrected chi connectivity index (χ1v) is 6.52. The van der Waals surface area contributed by atoms with Crippen LogP contribution in [0.2, 0.25) is 0 Å². The van der Waals surface area contributed by atoms with E-state index in [0.29, 0.717) is 12.8 Å². The molecule has 2 rings (SSSR count). The van der Waals surface area contributed by atoms with E-state index < -0.39 is 21.1 Å². The topological polar surface area (TPSA) is 83.6 Å². The number of sulfone groups is 1. The van der Waals surface area contributed by atoms with Gasteiger partial charge in [0.1, 0.15) is 0 Å². The van der Waals surface area contributed by atoms with E-state index in [4.69, 9.17) is 0 Å². The summed E-state index contributed by atoms with van der Waals surface area (Å²) >= 11 is 0. The number of rotatable bonds is 2. The van der Waals surface area contributed by atoms with E-state index in [-0.39, 0.29) is 24.7 Å². The Kier molecular flexibility index (Phi) is 2.41. The van der Waals surface area contributed by atoms with E-state index in [9.17, 15) is 18.0 Å². The maximum absolute atomic E-state index is 11.5. The largest absolute Gasteiger partial charge is 0.329 e. The third kappa shape index (κ3) is 1.83. The monoisotopic (exact) mass is 232 g/mol. The lowest BCUT2D eigenvalue weighted by molar-refractivity contribution is -0.124. The van der Waals surface area contributed by atoms with E-state index in [1.807, 2.05) is 0 Å². The lowest BCUT2D eigenvalue weighted by Gasteiger charge is -2.16. The van der Waals surface area contributed by atoms with E-state index in [1.54, 1.807) is 0 Å². The third-order valence-electron chi connectivity index (χ3n) is 2.79. The predicted molar refractivity (Wildman–Crippen MR) is 51.9 cm³/mol. The molecule has 0 bridgehead atoms. The molecule has 0 aliphatic carbocycles. The standard InChI is InChI=1S/C8H12N2O4S/c11-7-4-9-8(12)10(7)5-6-2-1-3-15(6,13)14/h6H,1-5H2,(H,9,12). The van der Waals surface area contributed by atoms with Crippen molar-refractivity contribution in [3.63, 3.8) is 0 Å². The summed E-state index contributed by atoms with van der Waals surface area (Å²) in [5, 5.41) is 1.80. The second-order valence-electron chi connectivity index (χ2n) is 3.79. The Labute approximate surface area is 87.5 Å². The molecule has 2 aliphatic rings. The smallest absolute Gasteiger partial charge is 0.324 e. The van der Waals surface area contributed by atoms with Crippen LogP contribution in [0.15, 0.2) is 0 Å². The molecule has 0 aromatic heterocycles. The van der Waals surface area contributed by atoms with Gasteiger partial charge in [-0.05, 0) is 12.8 Å². The molecule has 7 heteroatoms. The highest BCUT2D eigenvalue weighted by Gasteiger charge is 2.37. The van der Waals surface area contributed by atoms with Crippen molar-refractivity contribution in [2.24, 2.45) is 0 Å². The Hall–Kier alpha value is -1.11. The Morgan fingerprint density at radius 3 is 2.60 bits per heavy atom. The maximum Gasteiger partial charge on any atom is 0.324 e. The summed E-state index contributed by atoms with van der Waals surface area (Å²) in [5.74, 6) is -0.177. The second-order valence-corrected chi connectivity index (χ2v) is 6.19. The van der Waals surface area contributed by atoms with Crippen molar-refractivity contribution in [3.05, 3.63) is 0 Å². The van der Waals surface area contributed by atoms with Gasteiger partial charge in [0.25, 0.3) is 0 Å². The van der Waals surface area contributed by atoms with Crippen LogP contribution in [0.1, 0.15) is 12.8 Å². The summed E-state index contributed by atoms with van der Waals surface area (Å²) in [4.78, 5) is 23.4. The summed E-state index contributed by atoms with van der Waals surface area (Å²) < 4.78 is 23.0. The Morgan fingerprint density at radius 2 is 2.13 bits per heavy atom. The van der Waals surface area contributed by atoms with Gasteiger partial charge in [0.05, 0.1) is 17.5 Å². The Bertz CT molecular complexity index is 387. The van der Waals surface area contributed by atoms with Gasteiger partial charge in [0.15, 0.2) is 9.84 Å². The van der Waals surface area contributed by atoms with Gasteiger partial charge in [0.2, 0.25) is 5.91 Å². The fourth-order valence-electron chi connectivity index (χ4n) is 1.91. The highest BCUT2D eigenvalue weighted by Crippen LogP contribution is 2.21. The van der Waals surface area contributed by atoms with Gasteiger partial charge in [-0.2, -0.15) is 0 Å². The van der Waals surface area contributed by atoms with Crippen LogP contribution < -0.4 is 5.32 Å². The normalized spacial score (nSPS) is 29.6. The van der Waals surface area contributed by atoms with Crippen LogP contribution in [0, 0.1) is 0 Å². The molecule has 0 aromatic carbocycles. The molecule has 2 fully saturated rings. The zero-order chi connectivity index (χ0) is 11.1. The van der Waals surface area contributed by atoms with Crippen molar-refractivity contribution in [2.45, 2.75) is 18.1 Å². The fourth-order valence-corrected chi connectivity index (χ4v) is 3.71. The number of nitrogens with one attached hydrogen (secondary N) is 1. The van der Waals surface area contributed by atoms with Crippen molar-refractivity contribution in [1.29, 1.82) is 0 Å². The number of carbonyl (C=O) groups excluding carboxylic acids is 2. The Morgan fingerprint density at radius 1 is 1.40 bits per heavy atom. The minimum absolute atomic E-state index is 0.00694. The maximum atomic E-state index is 11.5. The molecular formula is C8H12N2O4S. The van der Waals surface area contributed by atoms with Gasteiger partial charge >= 0.3 is 6.03 Å². The van der Waals surface area contributed by atoms with Crippen molar-refractivity contribution >= 4 is 21.8 Å². The number of hydrogen-bond donors (Lipinski definition) is 1. The van der Waals surface area contributed by atoms with Gasteiger partial charge in [-0.15, -0.1) is 0 Å². The minimum Gasteiger partial charge on any atom is -0.329 e. The van der Waals surface area contributed by atoms with Gasteiger partial charge in [-0.3, -0.25) is 9.69 Å². The van der Waals surface area contributed by atoms with Crippen molar-refractivity contribution in [3.8, 4) is 0 Å². The molecular weight excluding hydrogens is 220 g/mol. The summed E-state index contributed by atoms with van der Waals surface area (Å²) in [6.07, 6.45) is 1.16. The fraction of sp³-hybridized carbons (Fsp3) is 0.750.